The molecular formula is C11H21F3N2O2S. The van der Waals surface area contributed by atoms with Crippen molar-refractivity contribution in [3.05, 3.63) is 0 Å². The Bertz CT molecular complexity index is 391. The van der Waals surface area contributed by atoms with E-state index in [1.54, 1.807) is 0 Å². The molecule has 0 radical (unpaired) electrons. The van der Waals surface area contributed by atoms with Crippen molar-refractivity contribution in [3.8, 4) is 0 Å². The van der Waals surface area contributed by atoms with E-state index in [4.69, 9.17) is 0 Å². The summed E-state index contributed by atoms with van der Waals surface area (Å²) in [6.07, 6.45) is -2.52. The fraction of sp³-hybridized carbons (Fsp3) is 1.00. The average molecular weight is 302 g/mol. The zero-order valence-corrected chi connectivity index (χ0v) is 12.2. The van der Waals surface area contributed by atoms with Crippen LogP contribution in [0.1, 0.15) is 33.6 Å². The third-order valence-corrected chi connectivity index (χ3v) is 5.41. The molecule has 0 saturated heterocycles. The van der Waals surface area contributed by atoms with Gasteiger partial charge in [0.2, 0.25) is 10.0 Å². The summed E-state index contributed by atoms with van der Waals surface area (Å²) in [5.74, 6) is 0. The quantitative estimate of drug-likeness (QED) is 0.779. The summed E-state index contributed by atoms with van der Waals surface area (Å²) in [4.78, 5) is 0. The summed E-state index contributed by atoms with van der Waals surface area (Å²) in [5.41, 5.74) is 0. The number of hydrogen-bond acceptors (Lipinski definition) is 3. The monoisotopic (exact) mass is 302 g/mol. The first-order valence-electron chi connectivity index (χ1n) is 6.35. The molecule has 8 heteroatoms. The van der Waals surface area contributed by atoms with Crippen molar-refractivity contribution < 1.29 is 21.6 Å². The standard InChI is InChI=1S/C11H21F3N2O2S/c1-8(2)16(7-11(12,13)14)19(17,18)9(3)6-15-10-4-5-10/h8-10,15H,4-7H2,1-3H3. The first-order valence-corrected chi connectivity index (χ1v) is 7.85. The minimum Gasteiger partial charge on any atom is -0.313 e. The average Bonchev–Trinajstić information content (AvgIpc) is 3.04. The molecule has 4 nitrogen and oxygen atoms in total. The molecule has 0 aromatic rings. The molecule has 1 aliphatic rings. The maximum atomic E-state index is 12.5. The summed E-state index contributed by atoms with van der Waals surface area (Å²) in [6.45, 7) is 3.10. The van der Waals surface area contributed by atoms with Gasteiger partial charge in [-0.25, -0.2) is 8.42 Å². The van der Waals surface area contributed by atoms with Crippen molar-refractivity contribution in [3.63, 3.8) is 0 Å². The maximum Gasteiger partial charge on any atom is 0.402 e. The lowest BCUT2D eigenvalue weighted by atomic mass is 10.4. The molecular weight excluding hydrogens is 281 g/mol. The second-order valence-corrected chi connectivity index (χ2v) is 7.60. The molecule has 1 N–H and O–H groups in total. The molecule has 0 aliphatic heterocycles. The Morgan fingerprint density at radius 3 is 2.16 bits per heavy atom. The summed E-state index contributed by atoms with van der Waals surface area (Å²) in [6, 6.07) is -0.386. The van der Waals surface area contributed by atoms with Gasteiger partial charge in [-0.1, -0.05) is 0 Å². The number of halogens is 3. The number of hydrogen-bond donors (Lipinski definition) is 1. The van der Waals surface area contributed by atoms with Gasteiger partial charge in [0.05, 0.1) is 5.25 Å². The van der Waals surface area contributed by atoms with Crippen molar-refractivity contribution in [1.29, 1.82) is 0 Å². The first kappa shape index (κ1) is 16.7. The second-order valence-electron chi connectivity index (χ2n) is 5.29. The van der Waals surface area contributed by atoms with Crippen LogP contribution in [0.15, 0.2) is 0 Å². The predicted octanol–water partition coefficient (Wildman–Crippen LogP) is 1.73. The summed E-state index contributed by atoms with van der Waals surface area (Å²) in [7, 11) is -3.95. The SMILES string of the molecule is CC(C)N(CC(F)(F)F)S(=O)(=O)C(C)CNC1CC1. The van der Waals surface area contributed by atoms with E-state index < -0.39 is 34.0 Å². The van der Waals surface area contributed by atoms with Gasteiger partial charge in [0.15, 0.2) is 0 Å². The Labute approximate surface area is 112 Å². The largest absolute Gasteiger partial charge is 0.402 e. The second kappa shape index (κ2) is 5.97. The van der Waals surface area contributed by atoms with Gasteiger partial charge in [0.1, 0.15) is 6.54 Å². The van der Waals surface area contributed by atoms with Gasteiger partial charge in [0, 0.05) is 18.6 Å². The zero-order chi connectivity index (χ0) is 14.8. The van der Waals surface area contributed by atoms with Gasteiger partial charge in [-0.05, 0) is 33.6 Å². The van der Waals surface area contributed by atoms with Crippen LogP contribution in [0.3, 0.4) is 0 Å². The van der Waals surface area contributed by atoms with Gasteiger partial charge in [0.25, 0.3) is 0 Å². The molecule has 19 heavy (non-hydrogen) atoms. The minimum atomic E-state index is -4.53. The van der Waals surface area contributed by atoms with Crippen molar-refractivity contribution in [1.82, 2.24) is 9.62 Å². The van der Waals surface area contributed by atoms with Gasteiger partial charge < -0.3 is 5.32 Å². The normalized spacial score (nSPS) is 19.2. The molecule has 114 valence electrons. The van der Waals surface area contributed by atoms with Crippen LogP contribution in [-0.4, -0.2) is 49.3 Å². The highest BCUT2D eigenvalue weighted by molar-refractivity contribution is 7.89. The molecule has 0 aromatic carbocycles. The van der Waals surface area contributed by atoms with Crippen LogP contribution in [-0.2, 0) is 10.0 Å². The van der Waals surface area contributed by atoms with Crippen molar-refractivity contribution in [2.24, 2.45) is 0 Å². The van der Waals surface area contributed by atoms with Crippen molar-refractivity contribution >= 4 is 10.0 Å². The molecule has 1 saturated carbocycles. The van der Waals surface area contributed by atoms with Gasteiger partial charge >= 0.3 is 6.18 Å². The van der Waals surface area contributed by atoms with E-state index in [1.165, 1.54) is 20.8 Å². The van der Waals surface area contributed by atoms with Crippen LogP contribution in [0, 0.1) is 0 Å². The van der Waals surface area contributed by atoms with Crippen LogP contribution in [0.5, 0.6) is 0 Å². The van der Waals surface area contributed by atoms with Crippen LogP contribution in [0.4, 0.5) is 13.2 Å². The molecule has 0 amide bonds. The van der Waals surface area contributed by atoms with Crippen molar-refractivity contribution in [2.45, 2.75) is 57.1 Å². The van der Waals surface area contributed by atoms with E-state index in [9.17, 15) is 21.6 Å². The third kappa shape index (κ3) is 5.27. The molecule has 1 aliphatic carbocycles. The lowest BCUT2D eigenvalue weighted by Crippen LogP contribution is -2.49. The predicted molar refractivity (Wildman–Crippen MR) is 67.3 cm³/mol. The Balaban J connectivity index is 2.73. The number of rotatable bonds is 7. The number of alkyl halides is 3. The van der Waals surface area contributed by atoms with Gasteiger partial charge in [-0.2, -0.15) is 17.5 Å². The zero-order valence-electron chi connectivity index (χ0n) is 11.4. The fourth-order valence-corrected chi connectivity index (χ4v) is 3.38. The third-order valence-electron chi connectivity index (χ3n) is 3.02. The highest BCUT2D eigenvalue weighted by atomic mass is 32.2. The molecule has 1 atom stereocenters. The topological polar surface area (TPSA) is 49.4 Å². The summed E-state index contributed by atoms with van der Waals surface area (Å²) in [5, 5.41) is 2.17. The van der Waals surface area contributed by atoms with Crippen LogP contribution >= 0.6 is 0 Å². The number of nitrogens with zero attached hydrogens (tertiary/aromatic N) is 1. The van der Waals surface area contributed by atoms with E-state index in [1.807, 2.05) is 0 Å². The van der Waals surface area contributed by atoms with Crippen LogP contribution in [0.2, 0.25) is 0 Å². The highest BCUT2D eigenvalue weighted by Gasteiger charge is 2.40. The molecule has 1 fully saturated rings. The fourth-order valence-electron chi connectivity index (χ4n) is 1.70. The summed E-state index contributed by atoms with van der Waals surface area (Å²) < 4.78 is 62.3. The smallest absolute Gasteiger partial charge is 0.313 e. The van der Waals surface area contributed by atoms with Crippen LogP contribution in [0.25, 0.3) is 0 Å². The Morgan fingerprint density at radius 2 is 1.79 bits per heavy atom. The van der Waals surface area contributed by atoms with Gasteiger partial charge in [-0.15, -0.1) is 0 Å². The number of sulfonamides is 1. The lowest BCUT2D eigenvalue weighted by Gasteiger charge is -2.29. The molecule has 0 spiro atoms. The minimum absolute atomic E-state index is 0.189. The Kier molecular flexibility index (Phi) is 5.25. The Hall–Kier alpha value is -0.340. The number of nitrogens with one attached hydrogen (secondary N) is 1. The summed E-state index contributed by atoms with van der Waals surface area (Å²) >= 11 is 0. The van der Waals surface area contributed by atoms with E-state index in [-0.39, 0.29) is 6.54 Å². The molecule has 0 aromatic heterocycles. The molecule has 0 bridgehead atoms. The highest BCUT2D eigenvalue weighted by Crippen LogP contribution is 2.23. The molecule has 1 unspecified atom stereocenters. The van der Waals surface area contributed by atoms with E-state index in [0.717, 1.165) is 12.8 Å². The first-order chi connectivity index (χ1) is 8.54. The van der Waals surface area contributed by atoms with E-state index >= 15 is 0 Å². The molecule has 1 rings (SSSR count). The van der Waals surface area contributed by atoms with Crippen LogP contribution < -0.4 is 5.32 Å². The maximum absolute atomic E-state index is 12.5. The van der Waals surface area contributed by atoms with Crippen molar-refractivity contribution in [2.75, 3.05) is 13.1 Å². The Morgan fingerprint density at radius 1 is 1.26 bits per heavy atom. The lowest BCUT2D eigenvalue weighted by molar-refractivity contribution is -0.138. The van der Waals surface area contributed by atoms with E-state index in [2.05, 4.69) is 5.32 Å². The van der Waals surface area contributed by atoms with Gasteiger partial charge in [-0.3, -0.25) is 0 Å². The molecule has 0 heterocycles. The van der Waals surface area contributed by atoms with E-state index in [0.29, 0.717) is 10.3 Å².